The van der Waals surface area contributed by atoms with Crippen molar-refractivity contribution in [3.8, 4) is 45.6 Å². The summed E-state index contributed by atoms with van der Waals surface area (Å²) in [5.41, 5.74) is -2.15. The number of nitrogens with zero attached hydrogens (tertiary/aromatic N) is 14. The first-order chi connectivity index (χ1) is 48.9. The Morgan fingerprint density at radius 3 is 0.462 bits per heavy atom. The SMILES string of the molecule is CCN(CC)S(=O)(=O)c1cc2c(cc1S(=O)(=O)N(CC)CC)-c1nc-2nc2[nH]c(nc3nc(nc4[nH]c(n1)c1cc(S(=O)(=O)N(CC)CC)c(S(=O)(=O)N(CC)CC)cc41)-c1cc(S(=O)(=O)N(CC)CC)c(S(=O)(=O)N(CC)CC)cc1-3)c1cc(S(=O)(=O)N(CC)CC)c(S(=O)(=O)N(CC)CC)cc21. The lowest BCUT2D eigenvalue weighted by Gasteiger charge is -2.24. The van der Waals surface area contributed by atoms with Gasteiger partial charge in [0.2, 0.25) is 80.2 Å². The zero-order valence-electron chi connectivity index (χ0n) is 61.0. The van der Waals surface area contributed by atoms with Crippen LogP contribution in [0.25, 0.3) is 89.7 Å². The Kier molecular flexibility index (Phi) is 24.0. The number of rotatable bonds is 32. The summed E-state index contributed by atoms with van der Waals surface area (Å²) < 4.78 is 251. The molecule has 5 heterocycles. The van der Waals surface area contributed by atoms with Crippen LogP contribution >= 0.6 is 0 Å². The minimum absolute atomic E-state index is 0.124. The molecule has 7 aromatic rings. The van der Waals surface area contributed by atoms with E-state index < -0.39 is 143 Å². The summed E-state index contributed by atoms with van der Waals surface area (Å²) >= 11 is 0. The normalized spacial score (nSPS) is 13.8. The first-order valence-electron chi connectivity index (χ1n) is 34.4. The van der Waals surface area contributed by atoms with Crippen molar-refractivity contribution < 1.29 is 67.3 Å². The van der Waals surface area contributed by atoms with Crippen LogP contribution in [0.5, 0.6) is 0 Å². The minimum atomic E-state index is -4.80. The van der Waals surface area contributed by atoms with Crippen LogP contribution in [0.2, 0.25) is 0 Å². The third kappa shape index (κ3) is 13.7. The van der Waals surface area contributed by atoms with E-state index in [1.165, 1.54) is 0 Å². The van der Waals surface area contributed by atoms with Crippen LogP contribution in [0.4, 0.5) is 0 Å². The third-order valence-corrected chi connectivity index (χ3v) is 35.9. The summed E-state index contributed by atoms with van der Waals surface area (Å²) in [5, 5.41) is -0.671. The molecular weight excluding hydrogens is 1510 g/mol. The maximum absolute atomic E-state index is 15.2. The fourth-order valence-corrected chi connectivity index (χ4v) is 27.9. The summed E-state index contributed by atoms with van der Waals surface area (Å²) in [4.78, 5) is 30.4. The lowest BCUT2D eigenvalue weighted by atomic mass is 10.1. The molecule has 0 radical (unpaired) electrons. The standard InChI is InChI=1S/C64H90N16O16S8/c1-17-73(18-2)97(81,82)49-33-41-42(34-50(49)98(83,84)74(19-3)20-4)58-65-57(41)69-59-43-35-51(99(85,86)75(21-5)22-6)52(100(87,88)76(23-7)24-8)36-44(43)61(66-59)71-63-47-39-55(103(93,94)79(29-13)30-14)56(104(95,96)80(31-15)32-16)40-48(47)64(68-63)72-62-46-38-54(102(91,92)78(27-11)28-12)53(37-45(46)60(67-62)70-58)101(89,90)77(25-9)26-10/h33-40H,17-32H2,1-16H3,(H2,65,66,67,68,69,70,71,72). The molecule has 0 saturated heterocycles. The Morgan fingerprint density at radius 1 is 0.212 bits per heavy atom. The van der Waals surface area contributed by atoms with Gasteiger partial charge in [0.15, 0.2) is 23.3 Å². The smallest absolute Gasteiger partial charge is 0.244 e. The second kappa shape index (κ2) is 30.6. The fourth-order valence-electron chi connectivity index (χ4n) is 13.0. The van der Waals surface area contributed by atoms with Gasteiger partial charge in [0.1, 0.15) is 61.8 Å². The summed E-state index contributed by atoms with van der Waals surface area (Å²) in [7, 11) is -38.4. The van der Waals surface area contributed by atoms with Gasteiger partial charge in [-0.1, -0.05) is 111 Å². The van der Waals surface area contributed by atoms with Gasteiger partial charge in [-0.05, 0) is 48.5 Å². The van der Waals surface area contributed by atoms with E-state index in [1.807, 2.05) is 0 Å². The molecule has 0 saturated carbocycles. The largest absolute Gasteiger partial charge is 0.324 e. The van der Waals surface area contributed by atoms with Crippen molar-refractivity contribution in [2.75, 3.05) is 105 Å². The zero-order valence-corrected chi connectivity index (χ0v) is 67.5. The molecule has 40 heteroatoms. The highest BCUT2D eigenvalue weighted by molar-refractivity contribution is 7.94. The van der Waals surface area contributed by atoms with Crippen molar-refractivity contribution in [2.24, 2.45) is 0 Å². The molecule has 9 rings (SSSR count). The van der Waals surface area contributed by atoms with Crippen LogP contribution in [0.1, 0.15) is 111 Å². The Bertz CT molecular complexity index is 5010. The van der Waals surface area contributed by atoms with Crippen LogP contribution in [-0.2, 0) is 80.2 Å². The number of sulfonamides is 8. The molecule has 8 bridgehead atoms. The lowest BCUT2D eigenvalue weighted by molar-refractivity contribution is 0.434. The molecule has 0 unspecified atom stereocenters. The number of H-pyrrole nitrogens is 2. The molecule has 3 aromatic heterocycles. The maximum Gasteiger partial charge on any atom is 0.244 e. The Morgan fingerprint density at radius 2 is 0.337 bits per heavy atom. The molecule has 0 amide bonds. The van der Waals surface area contributed by atoms with Gasteiger partial charge >= 0.3 is 0 Å². The van der Waals surface area contributed by atoms with Gasteiger partial charge in [-0.15, -0.1) is 0 Å². The lowest BCUT2D eigenvalue weighted by Crippen LogP contribution is -2.35. The van der Waals surface area contributed by atoms with Crippen LogP contribution in [0.3, 0.4) is 0 Å². The predicted molar refractivity (Wildman–Crippen MR) is 397 cm³/mol. The van der Waals surface area contributed by atoms with Crippen molar-refractivity contribution in [1.29, 1.82) is 0 Å². The minimum Gasteiger partial charge on any atom is -0.324 e. The summed E-state index contributed by atoms with van der Waals surface area (Å²) in [5.74, 6) is -1.72. The number of aromatic nitrogens is 8. The van der Waals surface area contributed by atoms with Crippen molar-refractivity contribution in [2.45, 2.75) is 150 Å². The van der Waals surface area contributed by atoms with Gasteiger partial charge < -0.3 is 9.97 Å². The first kappa shape index (κ1) is 81.6. The molecule has 2 aliphatic heterocycles. The number of hydrogen-bond donors (Lipinski definition) is 2. The zero-order chi connectivity index (χ0) is 77.1. The quantitative estimate of drug-likeness (QED) is 0.0424. The van der Waals surface area contributed by atoms with Gasteiger partial charge in [0.05, 0.1) is 0 Å². The van der Waals surface area contributed by atoms with Crippen molar-refractivity contribution in [3.63, 3.8) is 0 Å². The fraction of sp³-hybridized carbons (Fsp3) is 0.500. The number of hydrogen-bond acceptors (Lipinski definition) is 22. The van der Waals surface area contributed by atoms with Gasteiger partial charge in [-0.3, -0.25) is 0 Å². The molecule has 2 aliphatic rings. The maximum atomic E-state index is 15.2. The number of aromatic amines is 2. The molecular formula is C64H90N16O16S8. The average Bonchev–Trinajstić information content (AvgIpc) is 1.46. The third-order valence-electron chi connectivity index (χ3n) is 18.7. The molecule has 2 N–H and O–H groups in total. The Hall–Kier alpha value is -6.48. The molecule has 32 nitrogen and oxygen atoms in total. The Balaban J connectivity index is 1.68. The number of benzene rings is 4. The molecule has 104 heavy (non-hydrogen) atoms. The summed E-state index contributed by atoms with van der Waals surface area (Å²) in [6.45, 7) is 22.9. The van der Waals surface area contributed by atoms with Crippen LogP contribution < -0.4 is 0 Å². The molecule has 4 aromatic carbocycles. The highest BCUT2D eigenvalue weighted by Gasteiger charge is 2.42. The van der Waals surface area contributed by atoms with E-state index in [1.54, 1.807) is 111 Å². The van der Waals surface area contributed by atoms with E-state index in [9.17, 15) is 0 Å². The van der Waals surface area contributed by atoms with Gasteiger partial charge in [0.25, 0.3) is 0 Å². The van der Waals surface area contributed by atoms with Crippen LogP contribution in [-0.4, -0.2) is 246 Å². The van der Waals surface area contributed by atoms with E-state index >= 15 is 67.3 Å². The summed E-state index contributed by atoms with van der Waals surface area (Å²) in [6, 6.07) is 8.54. The van der Waals surface area contributed by atoms with E-state index in [4.69, 9.17) is 29.9 Å². The average molecular weight is 1600 g/mol. The molecule has 0 aliphatic carbocycles. The van der Waals surface area contributed by atoms with Crippen molar-refractivity contribution in [1.82, 2.24) is 74.3 Å². The molecule has 570 valence electrons. The van der Waals surface area contributed by atoms with E-state index in [0.29, 0.717) is 0 Å². The number of nitrogens with one attached hydrogen (secondary N) is 2. The highest BCUT2D eigenvalue weighted by atomic mass is 32.2. The first-order valence-corrected chi connectivity index (χ1v) is 46.0. The van der Waals surface area contributed by atoms with E-state index in [0.717, 1.165) is 83.0 Å². The number of fused-ring (bicyclic) bond motifs is 20. The van der Waals surface area contributed by atoms with Gasteiger partial charge in [-0.25, -0.2) is 97.2 Å². The summed E-state index contributed by atoms with van der Waals surface area (Å²) in [6.07, 6.45) is 0. The van der Waals surface area contributed by atoms with Gasteiger partial charge in [-0.2, -0.15) is 34.4 Å². The van der Waals surface area contributed by atoms with E-state index in [-0.39, 0.29) is 171 Å². The highest BCUT2D eigenvalue weighted by Crippen LogP contribution is 2.45. The van der Waals surface area contributed by atoms with Crippen LogP contribution in [0.15, 0.2) is 87.7 Å². The Labute approximate surface area is 610 Å². The topological polar surface area (TPSA) is 408 Å². The second-order valence-electron chi connectivity index (χ2n) is 23.7. The van der Waals surface area contributed by atoms with Gasteiger partial charge in [0, 0.05) is 149 Å². The van der Waals surface area contributed by atoms with E-state index in [2.05, 4.69) is 9.97 Å². The van der Waals surface area contributed by atoms with Crippen molar-refractivity contribution >= 4 is 124 Å². The molecule has 0 fully saturated rings. The molecule has 0 spiro atoms. The van der Waals surface area contributed by atoms with Crippen molar-refractivity contribution in [3.05, 3.63) is 48.5 Å². The monoisotopic (exact) mass is 1590 g/mol. The molecule has 0 atom stereocenters. The van der Waals surface area contributed by atoms with Crippen LogP contribution in [0, 0.1) is 0 Å². The second-order valence-corrected chi connectivity index (χ2v) is 39.0. The predicted octanol–water partition coefficient (Wildman–Crippen LogP) is 7.11.